The van der Waals surface area contributed by atoms with Crippen molar-refractivity contribution in [1.29, 1.82) is 0 Å². The zero-order chi connectivity index (χ0) is 18.7. The zero-order valence-electron chi connectivity index (χ0n) is 14.9. The second-order valence-corrected chi connectivity index (χ2v) is 6.48. The predicted octanol–water partition coefficient (Wildman–Crippen LogP) is 1.44. The molecular weight excluding hydrogens is 335 g/mol. The Kier molecular flexibility index (Phi) is 5.32. The SMILES string of the molecule is CC(NC(=O)c1nccnc1N)c1cc(F)ccc1N1CCN(C)CC1. The van der Waals surface area contributed by atoms with E-state index in [1.165, 1.54) is 24.5 Å². The van der Waals surface area contributed by atoms with Crippen LogP contribution in [0.25, 0.3) is 0 Å². The quantitative estimate of drug-likeness (QED) is 0.860. The van der Waals surface area contributed by atoms with Crippen LogP contribution in [0, 0.1) is 5.82 Å². The van der Waals surface area contributed by atoms with Crippen molar-refractivity contribution < 1.29 is 9.18 Å². The van der Waals surface area contributed by atoms with Gasteiger partial charge in [0.2, 0.25) is 0 Å². The molecule has 1 fully saturated rings. The van der Waals surface area contributed by atoms with Gasteiger partial charge in [-0.3, -0.25) is 4.79 Å². The van der Waals surface area contributed by atoms with Gasteiger partial charge < -0.3 is 20.9 Å². The molecule has 8 heteroatoms. The summed E-state index contributed by atoms with van der Waals surface area (Å²) in [5.41, 5.74) is 7.44. The molecule has 1 aromatic heterocycles. The van der Waals surface area contributed by atoms with E-state index in [4.69, 9.17) is 5.73 Å². The summed E-state index contributed by atoms with van der Waals surface area (Å²) in [6.07, 6.45) is 2.83. The number of rotatable bonds is 4. The van der Waals surface area contributed by atoms with Crippen molar-refractivity contribution in [3.63, 3.8) is 0 Å². The molecule has 3 rings (SSSR count). The van der Waals surface area contributed by atoms with Crippen LogP contribution in [0.5, 0.6) is 0 Å². The number of nitrogens with zero attached hydrogens (tertiary/aromatic N) is 4. The fourth-order valence-electron chi connectivity index (χ4n) is 3.07. The van der Waals surface area contributed by atoms with Crippen molar-refractivity contribution in [2.24, 2.45) is 0 Å². The number of likely N-dealkylation sites (N-methyl/N-ethyl adjacent to an activating group) is 1. The molecule has 0 bridgehead atoms. The first-order valence-corrected chi connectivity index (χ1v) is 8.56. The highest BCUT2D eigenvalue weighted by Crippen LogP contribution is 2.28. The summed E-state index contributed by atoms with van der Waals surface area (Å²) < 4.78 is 13.9. The third kappa shape index (κ3) is 3.91. The molecular formula is C18H23FN6O. The predicted molar refractivity (Wildman–Crippen MR) is 98.4 cm³/mol. The number of anilines is 2. The number of carbonyl (C=O) groups excluding carboxylic acids is 1. The average molecular weight is 358 g/mol. The van der Waals surface area contributed by atoms with Crippen LogP contribution < -0.4 is 16.0 Å². The Morgan fingerprint density at radius 2 is 1.92 bits per heavy atom. The Balaban J connectivity index is 1.82. The van der Waals surface area contributed by atoms with E-state index in [1.54, 1.807) is 6.07 Å². The molecule has 2 heterocycles. The fraction of sp³-hybridized carbons (Fsp3) is 0.389. The topological polar surface area (TPSA) is 87.4 Å². The maximum Gasteiger partial charge on any atom is 0.274 e. The third-order valence-electron chi connectivity index (χ3n) is 4.59. The third-order valence-corrected chi connectivity index (χ3v) is 4.59. The highest BCUT2D eigenvalue weighted by Gasteiger charge is 2.22. The molecule has 0 saturated carbocycles. The highest BCUT2D eigenvalue weighted by atomic mass is 19.1. The number of halogens is 1. The van der Waals surface area contributed by atoms with E-state index in [-0.39, 0.29) is 17.3 Å². The van der Waals surface area contributed by atoms with Crippen LogP contribution in [-0.2, 0) is 0 Å². The second-order valence-electron chi connectivity index (χ2n) is 6.48. The van der Waals surface area contributed by atoms with Crippen molar-refractivity contribution in [3.05, 3.63) is 47.7 Å². The van der Waals surface area contributed by atoms with Crippen LogP contribution >= 0.6 is 0 Å². The van der Waals surface area contributed by atoms with Crippen LogP contribution in [0.3, 0.4) is 0 Å². The molecule has 0 spiro atoms. The molecule has 26 heavy (non-hydrogen) atoms. The average Bonchev–Trinajstić information content (AvgIpc) is 2.62. The molecule has 1 aromatic carbocycles. The van der Waals surface area contributed by atoms with Gasteiger partial charge in [-0.1, -0.05) is 0 Å². The van der Waals surface area contributed by atoms with Crippen molar-refractivity contribution in [2.75, 3.05) is 43.9 Å². The molecule has 1 aliphatic heterocycles. The van der Waals surface area contributed by atoms with Gasteiger partial charge in [-0.15, -0.1) is 0 Å². The molecule has 1 saturated heterocycles. The van der Waals surface area contributed by atoms with Crippen LogP contribution in [0.2, 0.25) is 0 Å². The zero-order valence-corrected chi connectivity index (χ0v) is 14.9. The maximum absolute atomic E-state index is 13.9. The van der Waals surface area contributed by atoms with Gasteiger partial charge in [0.05, 0.1) is 6.04 Å². The van der Waals surface area contributed by atoms with Gasteiger partial charge in [-0.2, -0.15) is 0 Å². The van der Waals surface area contributed by atoms with Gasteiger partial charge in [0, 0.05) is 49.8 Å². The summed E-state index contributed by atoms with van der Waals surface area (Å²) in [6, 6.07) is 4.29. The van der Waals surface area contributed by atoms with Crippen LogP contribution in [0.1, 0.15) is 29.0 Å². The van der Waals surface area contributed by atoms with Gasteiger partial charge in [0.25, 0.3) is 5.91 Å². The number of aromatic nitrogens is 2. The molecule has 3 N–H and O–H groups in total. The number of carbonyl (C=O) groups is 1. The molecule has 0 aliphatic carbocycles. The van der Waals surface area contributed by atoms with E-state index in [0.717, 1.165) is 37.4 Å². The molecule has 0 radical (unpaired) electrons. The number of nitrogens with two attached hydrogens (primary N) is 1. The first-order valence-electron chi connectivity index (χ1n) is 8.56. The minimum atomic E-state index is -0.434. The largest absolute Gasteiger partial charge is 0.382 e. The Bertz CT molecular complexity index is 791. The van der Waals surface area contributed by atoms with Gasteiger partial charge in [-0.05, 0) is 32.2 Å². The second kappa shape index (κ2) is 7.65. The summed E-state index contributed by atoms with van der Waals surface area (Å²) in [5.74, 6) is -0.703. The number of nitrogens with one attached hydrogen (secondary N) is 1. The molecule has 2 aromatic rings. The molecule has 1 atom stereocenters. The van der Waals surface area contributed by atoms with Gasteiger partial charge in [0.15, 0.2) is 11.5 Å². The Morgan fingerprint density at radius 3 is 2.62 bits per heavy atom. The lowest BCUT2D eigenvalue weighted by Gasteiger charge is -2.36. The normalized spacial score (nSPS) is 16.3. The molecule has 1 unspecified atom stereocenters. The standard InChI is InChI=1S/C18H23FN6O/c1-12(23-18(26)16-17(20)22-6-5-21-16)14-11-13(19)3-4-15(14)25-9-7-24(2)8-10-25/h3-6,11-12H,7-10H2,1-2H3,(H2,20,22)(H,23,26). The molecule has 1 aliphatic rings. The Morgan fingerprint density at radius 1 is 1.23 bits per heavy atom. The first-order chi connectivity index (χ1) is 12.5. The number of nitrogen functional groups attached to an aromatic ring is 1. The van der Waals surface area contributed by atoms with E-state index in [9.17, 15) is 9.18 Å². The minimum absolute atomic E-state index is 0.0655. The first kappa shape index (κ1) is 18.1. The smallest absolute Gasteiger partial charge is 0.274 e. The van der Waals surface area contributed by atoms with Crippen molar-refractivity contribution in [1.82, 2.24) is 20.2 Å². The van der Waals surface area contributed by atoms with Crippen LogP contribution in [-0.4, -0.2) is 54.0 Å². The van der Waals surface area contributed by atoms with Crippen molar-refractivity contribution >= 4 is 17.4 Å². The number of piperazine rings is 1. The Labute approximate surface area is 152 Å². The maximum atomic E-state index is 13.9. The van der Waals surface area contributed by atoms with Crippen molar-refractivity contribution in [2.45, 2.75) is 13.0 Å². The lowest BCUT2D eigenvalue weighted by Crippen LogP contribution is -2.45. The van der Waals surface area contributed by atoms with E-state index >= 15 is 0 Å². The van der Waals surface area contributed by atoms with Crippen LogP contribution in [0.4, 0.5) is 15.9 Å². The summed E-state index contributed by atoms with van der Waals surface area (Å²) >= 11 is 0. The molecule has 1 amide bonds. The van der Waals surface area contributed by atoms with Gasteiger partial charge in [0.1, 0.15) is 5.82 Å². The van der Waals surface area contributed by atoms with E-state index < -0.39 is 11.9 Å². The number of hydrogen-bond donors (Lipinski definition) is 2. The van der Waals surface area contributed by atoms with E-state index in [2.05, 4.69) is 32.1 Å². The summed E-state index contributed by atoms with van der Waals surface area (Å²) in [6.45, 7) is 5.40. The van der Waals surface area contributed by atoms with Gasteiger partial charge in [-0.25, -0.2) is 14.4 Å². The van der Waals surface area contributed by atoms with E-state index in [1.807, 2.05) is 6.92 Å². The molecule has 138 valence electrons. The number of amides is 1. The lowest BCUT2D eigenvalue weighted by atomic mass is 10.0. The summed E-state index contributed by atoms with van der Waals surface area (Å²) in [4.78, 5) is 24.8. The van der Waals surface area contributed by atoms with Crippen molar-refractivity contribution in [3.8, 4) is 0 Å². The number of benzene rings is 1. The summed E-state index contributed by atoms with van der Waals surface area (Å²) in [7, 11) is 2.08. The monoisotopic (exact) mass is 358 g/mol. The number of hydrogen-bond acceptors (Lipinski definition) is 6. The summed E-state index contributed by atoms with van der Waals surface area (Å²) in [5, 5.41) is 2.84. The molecule has 7 nitrogen and oxygen atoms in total. The van der Waals surface area contributed by atoms with Gasteiger partial charge >= 0.3 is 0 Å². The van der Waals surface area contributed by atoms with Crippen LogP contribution in [0.15, 0.2) is 30.6 Å². The Hall–Kier alpha value is -2.74. The minimum Gasteiger partial charge on any atom is -0.382 e. The van der Waals surface area contributed by atoms with E-state index in [0.29, 0.717) is 0 Å². The highest BCUT2D eigenvalue weighted by molar-refractivity contribution is 5.96. The fourth-order valence-corrected chi connectivity index (χ4v) is 3.07. The lowest BCUT2D eigenvalue weighted by molar-refractivity contribution is 0.0935.